The Morgan fingerprint density at radius 2 is 1.50 bits per heavy atom. The predicted octanol–water partition coefficient (Wildman–Crippen LogP) is 0.979. The summed E-state index contributed by atoms with van der Waals surface area (Å²) in [5.41, 5.74) is 1.19. The van der Waals surface area contributed by atoms with Crippen molar-refractivity contribution in [2.75, 3.05) is 85.4 Å². The minimum absolute atomic E-state index is 0.463. The van der Waals surface area contributed by atoms with Gasteiger partial charge in [0.25, 0.3) is 0 Å². The molecule has 1 heterocycles. The van der Waals surface area contributed by atoms with Gasteiger partial charge in [0.2, 0.25) is 0 Å². The molecule has 0 radical (unpaired) electrons. The third-order valence-corrected chi connectivity index (χ3v) is 5.77. The van der Waals surface area contributed by atoms with E-state index in [1.165, 1.54) is 5.56 Å². The Labute approximate surface area is 204 Å². The fourth-order valence-electron chi connectivity index (χ4n) is 3.89. The average molecular weight is 481 g/mol. The van der Waals surface area contributed by atoms with E-state index >= 15 is 0 Å². The van der Waals surface area contributed by atoms with Crippen LogP contribution in [0.15, 0.2) is 24.3 Å². The second kappa shape index (κ2) is 18.6. The summed E-state index contributed by atoms with van der Waals surface area (Å²) in [6.07, 6.45) is 2.31. The molecule has 0 amide bonds. The van der Waals surface area contributed by atoms with E-state index in [0.29, 0.717) is 39.5 Å². The molecule has 1 aromatic rings. The Hall–Kier alpha value is -1.75. The predicted molar refractivity (Wildman–Crippen MR) is 134 cm³/mol. The lowest BCUT2D eigenvalue weighted by Crippen LogP contribution is -2.48. The normalized spacial score (nSPS) is 17.4. The summed E-state index contributed by atoms with van der Waals surface area (Å²) in [5.74, 6) is 0.0797. The maximum Gasteiger partial charge on any atom is 0.320 e. The molecular formula is C25H44N4O5. The van der Waals surface area contributed by atoms with Gasteiger partial charge in [-0.1, -0.05) is 12.1 Å². The zero-order chi connectivity index (χ0) is 24.3. The molecule has 0 spiro atoms. The molecule has 1 aromatic carbocycles. The molecule has 1 aliphatic rings. The summed E-state index contributed by atoms with van der Waals surface area (Å²) in [4.78, 5) is 14.1. The van der Waals surface area contributed by atoms with Crippen molar-refractivity contribution in [3.05, 3.63) is 29.8 Å². The van der Waals surface area contributed by atoms with Gasteiger partial charge in [0.15, 0.2) is 0 Å². The van der Waals surface area contributed by atoms with Crippen molar-refractivity contribution in [3.8, 4) is 5.75 Å². The van der Waals surface area contributed by atoms with Gasteiger partial charge in [0.05, 0.1) is 19.8 Å². The van der Waals surface area contributed by atoms with Crippen LogP contribution in [0, 0.1) is 0 Å². The number of nitrogens with zero attached hydrogens (tertiary/aromatic N) is 1. The van der Waals surface area contributed by atoms with Crippen LogP contribution in [0.25, 0.3) is 0 Å². The van der Waals surface area contributed by atoms with Gasteiger partial charge in [-0.3, -0.25) is 9.69 Å². The molecule has 9 nitrogen and oxygen atoms in total. The first-order valence-corrected chi connectivity index (χ1v) is 12.7. The van der Waals surface area contributed by atoms with E-state index < -0.39 is 12.0 Å². The number of nitrogens with one attached hydrogen (secondary N) is 3. The first-order chi connectivity index (χ1) is 16.7. The second-order valence-corrected chi connectivity index (χ2v) is 8.33. The smallest absolute Gasteiger partial charge is 0.320 e. The SMILES string of the molecule is CCOCCOCCOc1ccc(CCC[C@@H](C(=O)O)N2CCNCCNCCNCC2)cc1. The molecule has 34 heavy (non-hydrogen) atoms. The lowest BCUT2D eigenvalue weighted by Gasteiger charge is -2.29. The number of aliphatic carboxylic acids is 1. The van der Waals surface area contributed by atoms with Crippen LogP contribution >= 0.6 is 0 Å². The van der Waals surface area contributed by atoms with Crippen LogP contribution in [0.5, 0.6) is 5.75 Å². The first kappa shape index (κ1) is 28.5. The molecule has 2 rings (SSSR count). The molecule has 194 valence electrons. The number of carboxylic acids is 1. The van der Waals surface area contributed by atoms with Gasteiger partial charge in [-0.2, -0.15) is 0 Å². The monoisotopic (exact) mass is 480 g/mol. The highest BCUT2D eigenvalue weighted by molar-refractivity contribution is 5.73. The number of hydrogen-bond donors (Lipinski definition) is 4. The van der Waals surface area contributed by atoms with Crippen molar-refractivity contribution in [2.24, 2.45) is 0 Å². The van der Waals surface area contributed by atoms with Gasteiger partial charge < -0.3 is 35.3 Å². The molecule has 1 saturated heterocycles. The van der Waals surface area contributed by atoms with Crippen LogP contribution in [-0.2, 0) is 20.7 Å². The maximum absolute atomic E-state index is 12.0. The fraction of sp³-hybridized carbons (Fsp3) is 0.720. The first-order valence-electron chi connectivity index (χ1n) is 12.7. The van der Waals surface area contributed by atoms with Gasteiger partial charge >= 0.3 is 5.97 Å². The average Bonchev–Trinajstić information content (AvgIpc) is 2.83. The molecule has 1 aliphatic heterocycles. The minimum Gasteiger partial charge on any atom is -0.491 e. The highest BCUT2D eigenvalue weighted by Gasteiger charge is 2.24. The summed E-state index contributed by atoms with van der Waals surface area (Å²) in [6.45, 7) is 11.6. The highest BCUT2D eigenvalue weighted by Crippen LogP contribution is 2.16. The van der Waals surface area contributed by atoms with E-state index in [1.807, 2.05) is 19.1 Å². The summed E-state index contributed by atoms with van der Waals surface area (Å²) in [6, 6.07) is 7.58. The Bertz CT molecular complexity index is 635. The minimum atomic E-state index is -0.735. The Morgan fingerprint density at radius 1 is 0.912 bits per heavy atom. The topological polar surface area (TPSA) is 104 Å². The van der Waals surface area contributed by atoms with E-state index in [1.54, 1.807) is 0 Å². The number of carbonyl (C=O) groups is 1. The molecule has 0 bridgehead atoms. The van der Waals surface area contributed by atoms with Crippen molar-refractivity contribution in [2.45, 2.75) is 32.2 Å². The largest absolute Gasteiger partial charge is 0.491 e. The van der Waals surface area contributed by atoms with E-state index in [0.717, 1.165) is 70.9 Å². The Kier molecular flexibility index (Phi) is 15.6. The molecule has 1 fully saturated rings. The van der Waals surface area contributed by atoms with Crippen LogP contribution in [0.4, 0.5) is 0 Å². The number of aryl methyl sites for hydroxylation is 1. The number of hydrogen-bond acceptors (Lipinski definition) is 8. The molecule has 1 atom stereocenters. The summed E-state index contributed by atoms with van der Waals surface area (Å²) >= 11 is 0. The standard InChI is InChI=1S/C25H44N4O5/c1-2-32-18-19-33-20-21-34-23-8-6-22(7-9-23)4-3-5-24(25(30)31)29-16-14-27-12-10-26-11-13-28-15-17-29/h6-9,24,26-28H,2-5,10-21H2,1H3,(H,30,31)/t24-/m0/s1. The Morgan fingerprint density at radius 3 is 2.12 bits per heavy atom. The van der Waals surface area contributed by atoms with Crippen LogP contribution in [0.3, 0.4) is 0 Å². The quantitative estimate of drug-likeness (QED) is 0.290. The summed E-state index contributed by atoms with van der Waals surface area (Å²) in [7, 11) is 0. The zero-order valence-electron chi connectivity index (χ0n) is 20.7. The number of carboxylic acid groups (broad SMARTS) is 1. The number of rotatable bonds is 14. The van der Waals surface area contributed by atoms with Gasteiger partial charge in [-0.25, -0.2) is 0 Å². The van der Waals surface area contributed by atoms with Gasteiger partial charge in [0, 0.05) is 59.0 Å². The molecular weight excluding hydrogens is 436 g/mol. The third-order valence-electron chi connectivity index (χ3n) is 5.77. The Balaban J connectivity index is 1.72. The maximum atomic E-state index is 12.0. The number of benzene rings is 1. The molecule has 0 aromatic heterocycles. The van der Waals surface area contributed by atoms with E-state index in [-0.39, 0.29) is 0 Å². The number of ether oxygens (including phenoxy) is 3. The molecule has 0 aliphatic carbocycles. The van der Waals surface area contributed by atoms with Crippen LogP contribution < -0.4 is 20.7 Å². The fourth-order valence-corrected chi connectivity index (χ4v) is 3.89. The van der Waals surface area contributed by atoms with Crippen LogP contribution in [0.2, 0.25) is 0 Å². The molecule has 9 heteroatoms. The van der Waals surface area contributed by atoms with Gasteiger partial charge in [-0.05, 0) is 43.9 Å². The molecule has 0 saturated carbocycles. The highest BCUT2D eigenvalue weighted by atomic mass is 16.5. The zero-order valence-corrected chi connectivity index (χ0v) is 20.7. The van der Waals surface area contributed by atoms with Gasteiger partial charge in [-0.15, -0.1) is 0 Å². The third kappa shape index (κ3) is 12.6. The summed E-state index contributed by atoms with van der Waals surface area (Å²) in [5, 5.41) is 20.1. The lowest BCUT2D eigenvalue weighted by molar-refractivity contribution is -0.143. The van der Waals surface area contributed by atoms with Crippen molar-refractivity contribution < 1.29 is 24.1 Å². The lowest BCUT2D eigenvalue weighted by atomic mass is 10.0. The van der Waals surface area contributed by atoms with Crippen molar-refractivity contribution in [1.29, 1.82) is 0 Å². The molecule has 0 unspecified atom stereocenters. The van der Waals surface area contributed by atoms with Crippen LogP contribution in [0.1, 0.15) is 25.3 Å². The molecule has 4 N–H and O–H groups in total. The van der Waals surface area contributed by atoms with Crippen LogP contribution in [-0.4, -0.2) is 107 Å². The second-order valence-electron chi connectivity index (χ2n) is 8.33. The van der Waals surface area contributed by atoms with Gasteiger partial charge in [0.1, 0.15) is 18.4 Å². The van der Waals surface area contributed by atoms with Crippen molar-refractivity contribution >= 4 is 5.97 Å². The van der Waals surface area contributed by atoms with Crippen molar-refractivity contribution in [1.82, 2.24) is 20.9 Å². The van der Waals surface area contributed by atoms with E-state index in [9.17, 15) is 9.90 Å². The van der Waals surface area contributed by atoms with Crippen molar-refractivity contribution in [3.63, 3.8) is 0 Å². The van der Waals surface area contributed by atoms with E-state index in [2.05, 4.69) is 33.0 Å². The summed E-state index contributed by atoms with van der Waals surface area (Å²) < 4.78 is 16.4. The van der Waals surface area contributed by atoms with E-state index in [4.69, 9.17) is 14.2 Å².